The number of carboxylic acids is 1. The molecular weight excluding hydrogens is 783 g/mol. The van der Waals surface area contributed by atoms with Crippen LogP contribution in [0.1, 0.15) is 73.1 Å². The van der Waals surface area contributed by atoms with Gasteiger partial charge in [0.15, 0.2) is 12.6 Å². The molecule has 19 nitrogen and oxygen atoms in total. The van der Waals surface area contributed by atoms with Crippen LogP contribution in [0.2, 0.25) is 0 Å². The van der Waals surface area contributed by atoms with Crippen molar-refractivity contribution < 1.29 is 124 Å². The molecule has 0 radical (unpaired) electrons. The average Bonchev–Trinajstić information content (AvgIpc) is 3.13. The molecule has 0 amide bonds. The number of rotatable bonds is 14. The molecule has 0 aromatic heterocycles. The fourth-order valence-electron chi connectivity index (χ4n) is 7.08. The number of carboxylic acid groups (broad SMARTS) is 1. The van der Waals surface area contributed by atoms with Gasteiger partial charge >= 0.3 is 35.5 Å². The van der Waals surface area contributed by atoms with Gasteiger partial charge < -0.3 is 90.1 Å². The summed E-state index contributed by atoms with van der Waals surface area (Å²) in [6.07, 6.45) is -11.4. The van der Waals surface area contributed by atoms with Crippen molar-refractivity contribution >= 4 is 11.9 Å². The van der Waals surface area contributed by atoms with Crippen LogP contribution in [0, 0.1) is 23.7 Å². The molecule has 2 aliphatic heterocycles. The molecule has 18 atom stereocenters. The van der Waals surface area contributed by atoms with Gasteiger partial charge in [-0.05, 0) is 56.9 Å². The minimum Gasteiger partial charge on any atom is -0.550 e. The van der Waals surface area contributed by atoms with Crippen LogP contribution in [0.4, 0.5) is 0 Å². The van der Waals surface area contributed by atoms with Crippen LogP contribution >= 0.6 is 0 Å². The molecule has 0 aromatic carbocycles. The third-order valence-electron chi connectivity index (χ3n) is 10.4. The van der Waals surface area contributed by atoms with Gasteiger partial charge in [0.25, 0.3) is 0 Å². The first-order valence-electron chi connectivity index (χ1n) is 19.5. The van der Waals surface area contributed by atoms with Gasteiger partial charge in [0, 0.05) is 30.8 Å². The molecule has 20 heteroatoms. The fraction of sp³-hybridized carbons (Fsp3) is 0.842. The van der Waals surface area contributed by atoms with Crippen LogP contribution in [0.25, 0.3) is 0 Å². The Kier molecular flexibility index (Phi) is 24.9. The second-order valence-corrected chi connectivity index (χ2v) is 15.5. The van der Waals surface area contributed by atoms with Gasteiger partial charge in [-0.15, -0.1) is 0 Å². The largest absolute Gasteiger partial charge is 1.00 e. The first-order valence-corrected chi connectivity index (χ1v) is 19.5. The van der Waals surface area contributed by atoms with E-state index in [1.165, 1.54) is 0 Å². The van der Waals surface area contributed by atoms with Gasteiger partial charge in [-0.1, -0.05) is 39.0 Å². The van der Waals surface area contributed by atoms with E-state index in [0.29, 0.717) is 25.7 Å². The van der Waals surface area contributed by atoms with Crippen LogP contribution in [0.15, 0.2) is 23.8 Å². The van der Waals surface area contributed by atoms with Crippen LogP contribution in [-0.2, 0) is 28.5 Å². The quantitative estimate of drug-likeness (QED) is 0.0571. The molecule has 0 unspecified atom stereocenters. The van der Waals surface area contributed by atoms with E-state index in [1.54, 1.807) is 13.8 Å². The number of aliphatic carboxylic acids is 1. The molecule has 0 spiro atoms. The predicted octanol–water partition coefficient (Wildman–Crippen LogP) is -6.90. The number of carbonyl (C=O) groups excluding carboxylic acids is 2. The number of fused-ring (bicyclic) bond motifs is 1. The number of allylic oxidation sites excluding steroid dienone is 2. The average molecular weight is 849 g/mol. The van der Waals surface area contributed by atoms with Crippen molar-refractivity contribution in [2.45, 2.75) is 165 Å². The summed E-state index contributed by atoms with van der Waals surface area (Å²) in [5.41, 5.74) is 0.949. The molecule has 4 aliphatic rings. The summed E-state index contributed by atoms with van der Waals surface area (Å²) in [5, 5.41) is 125. The molecule has 4 rings (SSSR count). The Balaban J connectivity index is 0.000000536. The van der Waals surface area contributed by atoms with Gasteiger partial charge in [-0.25, -0.2) is 0 Å². The van der Waals surface area contributed by atoms with Crippen LogP contribution < -0.4 is 34.7 Å². The monoisotopic (exact) mass is 848 g/mol. The van der Waals surface area contributed by atoms with Crippen LogP contribution in [0.3, 0.4) is 0 Å². The summed E-state index contributed by atoms with van der Waals surface area (Å²) < 4.78 is 21.1. The predicted molar refractivity (Wildman–Crippen MR) is 195 cm³/mol. The Morgan fingerprint density at radius 1 is 0.879 bits per heavy atom. The standard InChI is InChI=1S/C23H36O7.C12H22O11.C3H8O.Na/c1-4-13(2)23(29)30-20-11-17(25)9-15-6-5-14(3)19(22(15)20)8-7-16(24)10-18(26)12-21(27)28;13-1-3-5(15)6(16)9(19)12(22-3)23-10-4(2-14)21-11(20)8(18)7(10)17;1-3(2)4;/h5-6,9,13-14,16-20,22,24-26H,4,7-8,10-12H2,1-3H3,(H,27,28);3-20H,1-2H2;3-4H,1-2H3;/q;;;+1/p-1/t13-,14-,16+,17+,18+,19-,20-,22-;3-,4-,5+,6+,7-,8-,9-,10-,11-,12+;;/m01../s1. The molecule has 2 fully saturated rings. The molecular formula is C38H65NaO19. The van der Waals surface area contributed by atoms with Gasteiger partial charge in [-0.3, -0.25) is 4.79 Å². The fourth-order valence-corrected chi connectivity index (χ4v) is 7.08. The summed E-state index contributed by atoms with van der Waals surface area (Å²) in [5.74, 6) is -1.60. The number of hydrogen-bond acceptors (Lipinski definition) is 19. The third kappa shape index (κ3) is 16.3. The number of aliphatic hydroxyl groups is 12. The minimum absolute atomic E-state index is 0. The van der Waals surface area contributed by atoms with Crippen molar-refractivity contribution in [3.8, 4) is 0 Å². The summed E-state index contributed by atoms with van der Waals surface area (Å²) >= 11 is 0. The number of aliphatic hydroxyl groups excluding tert-OH is 12. The first kappa shape index (κ1) is 54.8. The van der Waals surface area contributed by atoms with Crippen LogP contribution in [-0.4, -0.2) is 178 Å². The zero-order chi connectivity index (χ0) is 43.3. The van der Waals surface area contributed by atoms with E-state index in [0.717, 1.165) is 5.57 Å². The Bertz CT molecular complexity index is 1270. The van der Waals surface area contributed by atoms with Crippen molar-refractivity contribution in [3.63, 3.8) is 0 Å². The molecule has 332 valence electrons. The maximum absolute atomic E-state index is 12.4. The molecule has 0 saturated carbocycles. The van der Waals surface area contributed by atoms with E-state index < -0.39 is 111 Å². The van der Waals surface area contributed by atoms with E-state index in [-0.39, 0.29) is 71.7 Å². The summed E-state index contributed by atoms with van der Waals surface area (Å²) in [4.78, 5) is 23.0. The number of hydrogen-bond donors (Lipinski definition) is 12. The van der Waals surface area contributed by atoms with E-state index in [4.69, 9.17) is 29.2 Å². The Morgan fingerprint density at radius 2 is 1.48 bits per heavy atom. The van der Waals surface area contributed by atoms with Crippen molar-refractivity contribution in [1.82, 2.24) is 0 Å². The molecule has 58 heavy (non-hydrogen) atoms. The molecule has 0 bridgehead atoms. The van der Waals surface area contributed by atoms with Gasteiger partial charge in [0.05, 0.1) is 37.4 Å². The minimum atomic E-state index is -1.74. The first-order chi connectivity index (χ1) is 26.7. The van der Waals surface area contributed by atoms with Gasteiger partial charge in [0.2, 0.25) is 0 Å². The number of esters is 1. The zero-order valence-electron chi connectivity index (χ0n) is 34.1. The van der Waals surface area contributed by atoms with E-state index in [1.807, 2.05) is 26.0 Å². The SMILES string of the molecule is CC(C)O.CC[C@H](C)C(=O)O[C@H]1C[C@H](O)C=C2C=C[C@H](C)[C@H](CC[C@@H](O)C[C@@H](O)CC(=O)[O-])[C@H]21.OC[C@H]1O[C@@H](O[C@H]2[C@H](O)[C@@H](O)[C@H](O)O[C@@H]2CO)[C@H](O)[C@@H](O)[C@H]1O.[Na+]. The summed E-state index contributed by atoms with van der Waals surface area (Å²) in [6.45, 7) is 7.93. The number of carbonyl (C=O) groups is 2. The maximum Gasteiger partial charge on any atom is 1.00 e. The maximum atomic E-state index is 12.4. The summed E-state index contributed by atoms with van der Waals surface area (Å²) in [7, 11) is 0. The second kappa shape index (κ2) is 26.3. The second-order valence-electron chi connectivity index (χ2n) is 15.5. The van der Waals surface area contributed by atoms with Crippen molar-refractivity contribution in [1.29, 1.82) is 0 Å². The Morgan fingerprint density at radius 3 is 2.03 bits per heavy atom. The van der Waals surface area contributed by atoms with Gasteiger partial charge in [-0.2, -0.15) is 0 Å². The smallest absolute Gasteiger partial charge is 0.550 e. The van der Waals surface area contributed by atoms with E-state index in [2.05, 4.69) is 13.0 Å². The Labute approximate surface area is 360 Å². The molecule has 2 saturated heterocycles. The third-order valence-corrected chi connectivity index (χ3v) is 10.4. The van der Waals surface area contributed by atoms with Gasteiger partial charge in [0.1, 0.15) is 54.9 Å². The number of ether oxygens (including phenoxy) is 4. The van der Waals surface area contributed by atoms with Crippen molar-refractivity contribution in [3.05, 3.63) is 23.8 Å². The molecule has 2 heterocycles. The van der Waals surface area contributed by atoms with Crippen molar-refractivity contribution in [2.24, 2.45) is 23.7 Å². The zero-order valence-corrected chi connectivity index (χ0v) is 36.1. The molecule has 12 N–H and O–H groups in total. The van der Waals surface area contributed by atoms with E-state index in [9.17, 15) is 65.8 Å². The Hall–Kier alpha value is -1.18. The summed E-state index contributed by atoms with van der Waals surface area (Å²) in [6, 6.07) is 0. The van der Waals surface area contributed by atoms with E-state index >= 15 is 0 Å². The normalized spacial score (nSPS) is 37.3. The van der Waals surface area contributed by atoms with Crippen LogP contribution in [0.5, 0.6) is 0 Å². The molecule has 2 aliphatic carbocycles. The molecule has 0 aromatic rings. The van der Waals surface area contributed by atoms with Crippen molar-refractivity contribution in [2.75, 3.05) is 13.2 Å². The topological polar surface area (TPSA) is 337 Å².